The molecule has 5 heteroatoms. The van der Waals surface area contributed by atoms with E-state index in [9.17, 15) is 4.79 Å². The number of nitrogens with zero attached hydrogens (tertiary/aromatic N) is 2. The number of hydrogen-bond donors (Lipinski definition) is 2. The monoisotopic (exact) mass is 348 g/mol. The van der Waals surface area contributed by atoms with Gasteiger partial charge in [-0.3, -0.25) is 4.79 Å². The zero-order chi connectivity index (χ0) is 17.9. The molecule has 1 amide bonds. The molecular weight excluding hydrogens is 324 g/mol. The first kappa shape index (κ1) is 16.8. The van der Waals surface area contributed by atoms with E-state index in [1.54, 1.807) is 0 Å². The Kier molecular flexibility index (Phi) is 4.69. The molecule has 1 aromatic carbocycles. The molecule has 134 valence electrons. The Bertz CT molecular complexity index is 944. The maximum atomic E-state index is 12.3. The lowest BCUT2D eigenvalue weighted by Crippen LogP contribution is -2.28. The molecule has 2 heterocycles. The summed E-state index contributed by atoms with van der Waals surface area (Å²) in [4.78, 5) is 24.8. The molecule has 0 saturated carbocycles. The van der Waals surface area contributed by atoms with Crippen LogP contribution in [0.15, 0.2) is 30.5 Å². The number of H-pyrrole nitrogens is 1. The van der Waals surface area contributed by atoms with Crippen LogP contribution < -0.4 is 5.32 Å². The van der Waals surface area contributed by atoms with E-state index in [-0.39, 0.29) is 5.91 Å². The topological polar surface area (TPSA) is 70.7 Å². The van der Waals surface area contributed by atoms with Crippen molar-refractivity contribution in [2.24, 2.45) is 0 Å². The van der Waals surface area contributed by atoms with Gasteiger partial charge < -0.3 is 10.3 Å². The molecule has 5 nitrogen and oxygen atoms in total. The second kappa shape index (κ2) is 7.28. The summed E-state index contributed by atoms with van der Waals surface area (Å²) in [5.41, 5.74) is 5.74. The summed E-state index contributed by atoms with van der Waals surface area (Å²) in [7, 11) is 0. The van der Waals surface area contributed by atoms with Crippen LogP contribution in [-0.2, 0) is 30.5 Å². The average Bonchev–Trinajstić information content (AvgIpc) is 3.05. The van der Waals surface area contributed by atoms with E-state index in [0.717, 1.165) is 40.8 Å². The number of aromatic amines is 1. The van der Waals surface area contributed by atoms with E-state index in [4.69, 9.17) is 4.98 Å². The standard InChI is InChI=1S/C21H24N4O/c1-14-16-6-2-5-9-19(16)25-20(24-14)10-11-22-21(26)12-15-13-23-18-8-4-3-7-17(15)18/h3-4,7-8,13,23H,2,5-6,9-12H2,1H3,(H,22,26). The number of aryl methyl sites for hydroxylation is 2. The third kappa shape index (κ3) is 3.47. The van der Waals surface area contributed by atoms with Crippen LogP contribution >= 0.6 is 0 Å². The quantitative estimate of drug-likeness (QED) is 0.744. The molecule has 2 aromatic heterocycles. The van der Waals surface area contributed by atoms with Crippen molar-refractivity contribution in [3.63, 3.8) is 0 Å². The first-order chi connectivity index (χ1) is 12.7. The molecule has 0 atom stereocenters. The van der Waals surface area contributed by atoms with Gasteiger partial charge in [0.1, 0.15) is 5.82 Å². The molecule has 0 radical (unpaired) electrons. The van der Waals surface area contributed by atoms with Gasteiger partial charge in [-0.25, -0.2) is 9.97 Å². The number of nitrogens with one attached hydrogen (secondary N) is 2. The van der Waals surface area contributed by atoms with Gasteiger partial charge in [-0.2, -0.15) is 0 Å². The Morgan fingerprint density at radius 2 is 2.04 bits per heavy atom. The van der Waals surface area contributed by atoms with Crippen LogP contribution in [-0.4, -0.2) is 27.4 Å². The normalized spacial score (nSPS) is 13.6. The fourth-order valence-corrected chi connectivity index (χ4v) is 3.78. The van der Waals surface area contributed by atoms with Crippen molar-refractivity contribution in [3.05, 3.63) is 58.8 Å². The smallest absolute Gasteiger partial charge is 0.224 e. The number of amides is 1. The summed E-state index contributed by atoms with van der Waals surface area (Å²) in [5.74, 6) is 0.875. The average molecular weight is 348 g/mol. The molecule has 2 N–H and O–H groups in total. The molecule has 3 aromatic rings. The van der Waals surface area contributed by atoms with Crippen molar-refractivity contribution in [2.45, 2.75) is 45.4 Å². The minimum absolute atomic E-state index is 0.0319. The third-order valence-electron chi connectivity index (χ3n) is 5.13. The van der Waals surface area contributed by atoms with E-state index in [1.165, 1.54) is 24.1 Å². The summed E-state index contributed by atoms with van der Waals surface area (Å²) in [5, 5.41) is 4.11. The molecule has 0 saturated heterocycles. The van der Waals surface area contributed by atoms with Crippen LogP contribution in [0.2, 0.25) is 0 Å². The summed E-state index contributed by atoms with van der Waals surface area (Å²) < 4.78 is 0. The molecule has 1 aliphatic rings. The Morgan fingerprint density at radius 3 is 2.96 bits per heavy atom. The zero-order valence-electron chi connectivity index (χ0n) is 15.1. The fraction of sp³-hybridized carbons (Fsp3) is 0.381. The van der Waals surface area contributed by atoms with Crippen molar-refractivity contribution in [1.82, 2.24) is 20.3 Å². The van der Waals surface area contributed by atoms with Gasteiger partial charge in [0.25, 0.3) is 0 Å². The number of aromatic nitrogens is 3. The number of carbonyl (C=O) groups is 1. The van der Waals surface area contributed by atoms with Crippen LogP contribution in [0.4, 0.5) is 0 Å². The number of rotatable bonds is 5. The Labute approximate surface area is 153 Å². The fourth-order valence-electron chi connectivity index (χ4n) is 3.78. The Hall–Kier alpha value is -2.69. The second-order valence-corrected chi connectivity index (χ2v) is 6.99. The maximum Gasteiger partial charge on any atom is 0.224 e. The van der Waals surface area contributed by atoms with Gasteiger partial charge in [-0.05, 0) is 49.8 Å². The predicted octanol–water partition coefficient (Wildman–Crippen LogP) is 3.05. The lowest BCUT2D eigenvalue weighted by Gasteiger charge is -2.17. The highest BCUT2D eigenvalue weighted by molar-refractivity contribution is 5.88. The molecule has 4 rings (SSSR count). The zero-order valence-corrected chi connectivity index (χ0v) is 15.1. The molecular formula is C21H24N4O. The van der Waals surface area contributed by atoms with E-state index >= 15 is 0 Å². The molecule has 1 aliphatic carbocycles. The van der Waals surface area contributed by atoms with Crippen molar-refractivity contribution in [3.8, 4) is 0 Å². The van der Waals surface area contributed by atoms with Crippen molar-refractivity contribution >= 4 is 16.8 Å². The van der Waals surface area contributed by atoms with E-state index in [2.05, 4.69) is 22.2 Å². The summed E-state index contributed by atoms with van der Waals surface area (Å²) >= 11 is 0. The SMILES string of the molecule is Cc1nc(CCNC(=O)Cc2c[nH]c3ccccc23)nc2c1CCCC2. The van der Waals surface area contributed by atoms with Crippen LogP contribution in [0.1, 0.15) is 41.2 Å². The van der Waals surface area contributed by atoms with Crippen molar-refractivity contribution < 1.29 is 4.79 Å². The van der Waals surface area contributed by atoms with Gasteiger partial charge in [0.15, 0.2) is 0 Å². The van der Waals surface area contributed by atoms with E-state index in [0.29, 0.717) is 19.4 Å². The number of hydrogen-bond acceptors (Lipinski definition) is 3. The molecule has 0 fully saturated rings. The first-order valence-corrected chi connectivity index (χ1v) is 9.37. The predicted molar refractivity (Wildman–Crippen MR) is 102 cm³/mol. The van der Waals surface area contributed by atoms with Gasteiger partial charge >= 0.3 is 0 Å². The van der Waals surface area contributed by atoms with Crippen molar-refractivity contribution in [1.29, 1.82) is 0 Å². The van der Waals surface area contributed by atoms with Crippen LogP contribution in [0.3, 0.4) is 0 Å². The van der Waals surface area contributed by atoms with E-state index < -0.39 is 0 Å². The highest BCUT2D eigenvalue weighted by Gasteiger charge is 2.15. The number of benzene rings is 1. The number of fused-ring (bicyclic) bond motifs is 2. The molecule has 0 bridgehead atoms. The van der Waals surface area contributed by atoms with Crippen LogP contribution in [0, 0.1) is 6.92 Å². The van der Waals surface area contributed by atoms with E-state index in [1.807, 2.05) is 30.5 Å². The largest absolute Gasteiger partial charge is 0.361 e. The Balaban J connectivity index is 1.34. The summed E-state index contributed by atoms with van der Waals surface area (Å²) in [6, 6.07) is 8.04. The van der Waals surface area contributed by atoms with Crippen LogP contribution in [0.25, 0.3) is 10.9 Å². The third-order valence-corrected chi connectivity index (χ3v) is 5.13. The van der Waals surface area contributed by atoms with Gasteiger partial charge in [0.05, 0.1) is 6.42 Å². The minimum Gasteiger partial charge on any atom is -0.361 e. The van der Waals surface area contributed by atoms with Gasteiger partial charge in [-0.1, -0.05) is 18.2 Å². The maximum absolute atomic E-state index is 12.3. The summed E-state index contributed by atoms with van der Waals surface area (Å²) in [6.07, 6.45) is 7.58. The second-order valence-electron chi connectivity index (χ2n) is 6.99. The lowest BCUT2D eigenvalue weighted by atomic mass is 9.95. The number of carbonyl (C=O) groups excluding carboxylic acids is 1. The molecule has 0 unspecified atom stereocenters. The summed E-state index contributed by atoms with van der Waals surface area (Å²) in [6.45, 7) is 2.64. The number of para-hydroxylation sites is 1. The minimum atomic E-state index is 0.0319. The van der Waals surface area contributed by atoms with Crippen LogP contribution in [0.5, 0.6) is 0 Å². The Morgan fingerprint density at radius 1 is 1.19 bits per heavy atom. The highest BCUT2D eigenvalue weighted by Crippen LogP contribution is 2.21. The lowest BCUT2D eigenvalue weighted by molar-refractivity contribution is -0.120. The van der Waals surface area contributed by atoms with Gasteiger partial charge in [0.2, 0.25) is 5.91 Å². The van der Waals surface area contributed by atoms with Gasteiger partial charge in [0, 0.05) is 41.5 Å². The molecule has 0 spiro atoms. The molecule has 0 aliphatic heterocycles. The molecule has 26 heavy (non-hydrogen) atoms. The first-order valence-electron chi connectivity index (χ1n) is 9.37. The highest BCUT2D eigenvalue weighted by atomic mass is 16.1. The van der Waals surface area contributed by atoms with Gasteiger partial charge in [-0.15, -0.1) is 0 Å². The van der Waals surface area contributed by atoms with Crippen molar-refractivity contribution in [2.75, 3.05) is 6.54 Å².